The van der Waals surface area contributed by atoms with Crippen molar-refractivity contribution < 1.29 is 59.4 Å². The molecule has 7 rings (SSSR count). The summed E-state index contributed by atoms with van der Waals surface area (Å²) in [5.74, 6) is 28.4. The van der Waals surface area contributed by atoms with Crippen molar-refractivity contribution in [1.29, 1.82) is 0 Å². The van der Waals surface area contributed by atoms with Crippen molar-refractivity contribution in [2.45, 2.75) is 0 Å². The highest BCUT2D eigenvalue weighted by Gasteiger charge is 2.13. The standard InChI is InChI=1S/C60H30O12/c61-55(62)49-28-46(29-50(34-49)56(63)64)22-16-40-7-1-37(2-8-40)13-19-43-25-44(20-14-38-3-9-41(10-4-38)17-23-47-30-51(57(65)66)35-52(31-47)58(67)68)27-45(26-43)21-15-39-5-11-42(12-6-39)18-24-48-32-53(59(69)70)36-54(33-48)60(71)72/h1-12,25-36H,(H,61,62)(H,63,64)(H,65,66)(H,67,68)(H,69,70)(H,71,72). The average molecular weight is 943 g/mol. The Balaban J connectivity index is 1.15. The fraction of sp³-hybridized carbons (Fsp3) is 0. The average Bonchev–Trinajstić information content (AvgIpc) is 3.37. The number of hydrogen-bond donors (Lipinski definition) is 6. The molecule has 0 aliphatic carbocycles. The molecule has 0 saturated heterocycles. The van der Waals surface area contributed by atoms with Crippen molar-refractivity contribution >= 4 is 35.8 Å². The SMILES string of the molecule is O=C(O)c1cc(C#Cc2ccc(C#Cc3cc(C#Cc4ccc(C#Cc5cc(C(=O)O)cc(C(=O)O)c5)cc4)cc(C#Cc4ccc(C#Cc5cc(C(=O)O)cc(C(=O)O)c5)cc4)c3)cc2)cc(C(=O)O)c1. The Labute approximate surface area is 410 Å². The van der Waals surface area contributed by atoms with Gasteiger partial charge in [0.05, 0.1) is 33.4 Å². The molecule has 0 heterocycles. The van der Waals surface area contributed by atoms with Crippen molar-refractivity contribution in [1.82, 2.24) is 0 Å². The first-order valence-corrected chi connectivity index (χ1v) is 21.0. The third kappa shape index (κ3) is 13.4. The fourth-order valence-corrected chi connectivity index (χ4v) is 6.46. The van der Waals surface area contributed by atoms with Crippen LogP contribution < -0.4 is 0 Å². The van der Waals surface area contributed by atoms with E-state index in [0.29, 0.717) is 50.1 Å². The minimum Gasteiger partial charge on any atom is -0.478 e. The molecule has 0 spiro atoms. The summed E-state index contributed by atoms with van der Waals surface area (Å²) in [5, 5.41) is 56.3. The Morgan fingerprint density at radius 3 is 0.458 bits per heavy atom. The summed E-state index contributed by atoms with van der Waals surface area (Å²) in [5.41, 5.74) is 4.94. The van der Waals surface area contributed by atoms with Crippen LogP contribution in [0.4, 0.5) is 0 Å². The van der Waals surface area contributed by atoms with Crippen LogP contribution in [0.2, 0.25) is 0 Å². The van der Waals surface area contributed by atoms with E-state index >= 15 is 0 Å². The third-order valence-corrected chi connectivity index (χ3v) is 9.98. The van der Waals surface area contributed by atoms with Crippen molar-refractivity contribution in [3.63, 3.8) is 0 Å². The smallest absolute Gasteiger partial charge is 0.335 e. The first-order valence-electron chi connectivity index (χ1n) is 21.0. The maximum Gasteiger partial charge on any atom is 0.335 e. The monoisotopic (exact) mass is 942 g/mol. The van der Waals surface area contributed by atoms with E-state index in [4.69, 9.17) is 0 Å². The van der Waals surface area contributed by atoms with E-state index in [0.717, 1.165) is 18.2 Å². The van der Waals surface area contributed by atoms with E-state index in [9.17, 15) is 59.4 Å². The lowest BCUT2D eigenvalue weighted by Gasteiger charge is -2.00. The topological polar surface area (TPSA) is 224 Å². The Kier molecular flexibility index (Phi) is 14.9. The zero-order valence-corrected chi connectivity index (χ0v) is 37.0. The minimum atomic E-state index is -1.28. The first kappa shape index (κ1) is 48.6. The van der Waals surface area contributed by atoms with Gasteiger partial charge in [-0.1, -0.05) is 71.0 Å². The molecule has 0 bridgehead atoms. The predicted octanol–water partition coefficient (Wildman–Crippen LogP) is 8.27. The van der Waals surface area contributed by atoms with Crippen molar-refractivity contribution in [2.24, 2.45) is 0 Å². The highest BCUT2D eigenvalue weighted by Crippen LogP contribution is 2.16. The van der Waals surface area contributed by atoms with Crippen LogP contribution in [-0.2, 0) is 0 Å². The van der Waals surface area contributed by atoms with Gasteiger partial charge in [0.15, 0.2) is 0 Å². The highest BCUT2D eigenvalue weighted by molar-refractivity contribution is 5.96. The molecular formula is C60H30O12. The van der Waals surface area contributed by atoms with Crippen LogP contribution in [0.25, 0.3) is 0 Å². The van der Waals surface area contributed by atoms with Crippen LogP contribution in [0.15, 0.2) is 146 Å². The second kappa shape index (κ2) is 22.0. The zero-order valence-electron chi connectivity index (χ0n) is 37.0. The van der Waals surface area contributed by atoms with E-state index in [1.165, 1.54) is 36.4 Å². The van der Waals surface area contributed by atoms with Crippen molar-refractivity contribution in [2.75, 3.05) is 0 Å². The molecule has 0 saturated carbocycles. The largest absolute Gasteiger partial charge is 0.478 e. The molecule has 0 aliphatic heterocycles. The molecule has 0 aliphatic rings. The molecule has 342 valence electrons. The first-order chi connectivity index (χ1) is 34.5. The van der Waals surface area contributed by atoms with Gasteiger partial charge in [0.1, 0.15) is 0 Å². The van der Waals surface area contributed by atoms with Crippen molar-refractivity contribution in [3.8, 4) is 71.0 Å². The van der Waals surface area contributed by atoms with Gasteiger partial charge in [-0.3, -0.25) is 0 Å². The van der Waals surface area contributed by atoms with Gasteiger partial charge in [-0.15, -0.1) is 0 Å². The van der Waals surface area contributed by atoms with E-state index in [1.807, 2.05) is 0 Å². The molecule has 0 aromatic heterocycles. The minimum absolute atomic E-state index is 0.197. The van der Waals surface area contributed by atoms with E-state index in [2.05, 4.69) is 71.0 Å². The van der Waals surface area contributed by atoms with Crippen LogP contribution in [0.1, 0.15) is 129 Å². The van der Waals surface area contributed by atoms with Crippen molar-refractivity contribution in [3.05, 3.63) is 246 Å². The maximum absolute atomic E-state index is 11.5. The van der Waals surface area contributed by atoms with Gasteiger partial charge in [0, 0.05) is 66.8 Å². The van der Waals surface area contributed by atoms with Gasteiger partial charge in [-0.2, -0.15) is 0 Å². The van der Waals surface area contributed by atoms with Gasteiger partial charge in [-0.05, 0) is 146 Å². The molecule has 0 amide bonds. The molecule has 12 heteroatoms. The zero-order chi connectivity index (χ0) is 51.3. The van der Waals surface area contributed by atoms with E-state index in [1.54, 1.807) is 91.0 Å². The van der Waals surface area contributed by atoms with Gasteiger partial charge < -0.3 is 30.6 Å². The van der Waals surface area contributed by atoms with Gasteiger partial charge in [0.25, 0.3) is 0 Å². The Bertz CT molecular complexity index is 3320. The molecule has 7 aromatic rings. The molecule has 0 atom stereocenters. The summed E-state index contributed by atoms with van der Waals surface area (Å²) in [7, 11) is 0. The number of carbonyl (C=O) groups is 6. The number of hydrogen-bond acceptors (Lipinski definition) is 6. The summed E-state index contributed by atoms with van der Waals surface area (Å²) in [6.45, 7) is 0. The molecule has 72 heavy (non-hydrogen) atoms. The summed E-state index contributed by atoms with van der Waals surface area (Å²) in [6.07, 6.45) is 0. The summed E-state index contributed by atoms with van der Waals surface area (Å²) < 4.78 is 0. The molecule has 0 unspecified atom stereocenters. The van der Waals surface area contributed by atoms with Gasteiger partial charge >= 0.3 is 35.8 Å². The number of benzene rings is 7. The van der Waals surface area contributed by atoms with Gasteiger partial charge in [0.2, 0.25) is 0 Å². The maximum atomic E-state index is 11.5. The molecule has 0 fully saturated rings. The van der Waals surface area contributed by atoms with Gasteiger partial charge in [-0.25, -0.2) is 28.8 Å². The lowest BCUT2D eigenvalue weighted by atomic mass is 10.0. The number of carboxylic acid groups (broad SMARTS) is 6. The second-order valence-electron chi connectivity index (χ2n) is 15.3. The molecule has 12 nitrogen and oxygen atoms in total. The summed E-state index contributed by atoms with van der Waals surface area (Å²) >= 11 is 0. The number of carboxylic acids is 6. The van der Waals surface area contributed by atoms with Crippen LogP contribution >= 0.6 is 0 Å². The van der Waals surface area contributed by atoms with E-state index in [-0.39, 0.29) is 50.1 Å². The number of aromatic carboxylic acids is 6. The van der Waals surface area contributed by atoms with Crippen LogP contribution in [0.3, 0.4) is 0 Å². The quantitative estimate of drug-likeness (QED) is 0.0867. The van der Waals surface area contributed by atoms with Crippen LogP contribution in [0.5, 0.6) is 0 Å². The molecular weight excluding hydrogens is 913 g/mol. The van der Waals surface area contributed by atoms with E-state index < -0.39 is 35.8 Å². The Morgan fingerprint density at radius 1 is 0.194 bits per heavy atom. The predicted molar refractivity (Wildman–Crippen MR) is 263 cm³/mol. The Hall–Kier alpha value is -11.3. The number of rotatable bonds is 6. The highest BCUT2D eigenvalue weighted by atomic mass is 16.4. The molecule has 6 N–H and O–H groups in total. The lowest BCUT2D eigenvalue weighted by molar-refractivity contribution is 0.0676. The van der Waals surface area contributed by atoms with Crippen LogP contribution in [-0.4, -0.2) is 66.5 Å². The van der Waals surface area contributed by atoms with Crippen LogP contribution in [0, 0.1) is 71.0 Å². The second-order valence-corrected chi connectivity index (χ2v) is 15.3. The normalized spacial score (nSPS) is 9.67. The molecule has 7 aromatic carbocycles. The third-order valence-electron chi connectivity index (χ3n) is 9.98. The Morgan fingerprint density at radius 2 is 0.319 bits per heavy atom. The fourth-order valence-electron chi connectivity index (χ4n) is 6.46. The molecule has 0 radical (unpaired) electrons. The summed E-state index contributed by atoms with van der Waals surface area (Å²) in [6, 6.07) is 37.2. The lowest BCUT2D eigenvalue weighted by Crippen LogP contribution is -2.03. The summed E-state index contributed by atoms with van der Waals surface area (Å²) in [4.78, 5) is 69.1.